The molecule has 0 amide bonds. The largest absolute Gasteiger partial charge is 0.481 e. The average Bonchev–Trinajstić information content (AvgIpc) is 2.24. The number of rotatable bonds is 10. The van der Waals surface area contributed by atoms with Crippen molar-refractivity contribution in [1.82, 2.24) is 0 Å². The van der Waals surface area contributed by atoms with Gasteiger partial charge in [-0.25, -0.2) is 0 Å². The fraction of sp³-hybridized carbons (Fsp3) is 0.917. The second-order valence-electron chi connectivity index (χ2n) is 4.45. The van der Waals surface area contributed by atoms with E-state index in [1.165, 1.54) is 0 Å². The van der Waals surface area contributed by atoms with Crippen LogP contribution in [0.3, 0.4) is 0 Å². The third-order valence-electron chi connectivity index (χ3n) is 2.84. The summed E-state index contributed by atoms with van der Waals surface area (Å²) in [6.45, 7) is 0. The Balaban J connectivity index is 3.42. The van der Waals surface area contributed by atoms with Gasteiger partial charge in [0, 0.05) is 17.7 Å². The number of hydrogen-bond donors (Lipinski definition) is 1. The fourth-order valence-electron chi connectivity index (χ4n) is 1.70. The molecule has 2 nitrogen and oxygen atoms in total. The molecule has 6 heteroatoms. The van der Waals surface area contributed by atoms with Crippen molar-refractivity contribution in [3.05, 3.63) is 0 Å². The van der Waals surface area contributed by atoms with Gasteiger partial charge in [-0.1, -0.05) is 82.8 Å². The Hall–Kier alpha value is 0.820. The summed E-state index contributed by atoms with van der Waals surface area (Å²) in [5.74, 6) is -0.660. The SMILES string of the molecule is O=C(O)CCCCCCCCC(CBr)C(Cl)(Cl)Cl. The van der Waals surface area contributed by atoms with Gasteiger partial charge in [-0.3, -0.25) is 4.79 Å². The van der Waals surface area contributed by atoms with Gasteiger partial charge in [0.25, 0.3) is 0 Å². The number of halogens is 4. The van der Waals surface area contributed by atoms with Crippen molar-refractivity contribution in [3.8, 4) is 0 Å². The molecule has 0 spiro atoms. The minimum atomic E-state index is -1.19. The lowest BCUT2D eigenvalue weighted by molar-refractivity contribution is -0.137. The fourth-order valence-corrected chi connectivity index (χ4v) is 3.63. The van der Waals surface area contributed by atoms with Crippen LogP contribution < -0.4 is 0 Å². The van der Waals surface area contributed by atoms with Gasteiger partial charge in [-0.2, -0.15) is 0 Å². The van der Waals surface area contributed by atoms with Crippen LogP contribution in [-0.4, -0.2) is 20.2 Å². The van der Waals surface area contributed by atoms with Gasteiger partial charge in [-0.15, -0.1) is 0 Å². The summed E-state index contributed by atoms with van der Waals surface area (Å²) in [5, 5.41) is 9.17. The summed E-state index contributed by atoms with van der Waals surface area (Å²) in [7, 11) is 0. The van der Waals surface area contributed by atoms with Crippen LogP contribution >= 0.6 is 50.7 Å². The lowest BCUT2D eigenvalue weighted by atomic mass is 10.0. The van der Waals surface area contributed by atoms with E-state index in [4.69, 9.17) is 39.9 Å². The first-order valence-corrected chi connectivity index (χ1v) is 8.48. The average molecular weight is 383 g/mol. The first-order chi connectivity index (χ1) is 8.38. The van der Waals surface area contributed by atoms with Gasteiger partial charge in [0.2, 0.25) is 0 Å². The Morgan fingerprint density at radius 2 is 1.56 bits per heavy atom. The lowest BCUT2D eigenvalue weighted by Gasteiger charge is -2.21. The zero-order chi connectivity index (χ0) is 14.0. The smallest absolute Gasteiger partial charge is 0.303 e. The molecule has 0 aliphatic heterocycles. The monoisotopic (exact) mass is 380 g/mol. The van der Waals surface area contributed by atoms with E-state index in [9.17, 15) is 4.79 Å². The molecular formula is C12H20BrCl3O2. The Bertz CT molecular complexity index is 232. The van der Waals surface area contributed by atoms with Crippen molar-refractivity contribution < 1.29 is 9.90 Å². The Kier molecular flexibility index (Phi) is 11.1. The summed E-state index contributed by atoms with van der Waals surface area (Å²) in [6.07, 6.45) is 7.29. The van der Waals surface area contributed by atoms with E-state index in [1.54, 1.807) is 0 Å². The van der Waals surface area contributed by atoms with Gasteiger partial charge in [0.05, 0.1) is 0 Å². The zero-order valence-electron chi connectivity index (χ0n) is 10.3. The van der Waals surface area contributed by atoms with E-state index in [1.807, 2.05) is 0 Å². The van der Waals surface area contributed by atoms with Crippen LogP contribution in [0.4, 0.5) is 0 Å². The van der Waals surface area contributed by atoms with Crippen molar-refractivity contribution in [2.45, 2.75) is 55.2 Å². The van der Waals surface area contributed by atoms with Gasteiger partial charge < -0.3 is 5.11 Å². The zero-order valence-corrected chi connectivity index (χ0v) is 14.2. The minimum absolute atomic E-state index is 0.0505. The number of carboxylic acid groups (broad SMARTS) is 1. The highest BCUT2D eigenvalue weighted by atomic mass is 79.9. The van der Waals surface area contributed by atoms with E-state index in [2.05, 4.69) is 15.9 Å². The molecule has 1 atom stereocenters. The number of hydrogen-bond acceptors (Lipinski definition) is 1. The molecule has 1 unspecified atom stereocenters. The van der Waals surface area contributed by atoms with E-state index < -0.39 is 9.76 Å². The molecule has 0 aromatic heterocycles. The van der Waals surface area contributed by atoms with Gasteiger partial charge in [0.15, 0.2) is 3.79 Å². The standard InChI is InChI=1S/C12H20BrCl3O2/c13-9-10(12(14,15)16)7-5-3-1-2-4-6-8-11(17)18/h10H,1-9H2,(H,17,18). The normalized spacial score (nSPS) is 13.6. The van der Waals surface area contributed by atoms with Crippen molar-refractivity contribution in [2.75, 3.05) is 5.33 Å². The number of unbranched alkanes of at least 4 members (excludes halogenated alkanes) is 5. The van der Waals surface area contributed by atoms with Crippen molar-refractivity contribution in [1.29, 1.82) is 0 Å². The van der Waals surface area contributed by atoms with E-state index in [-0.39, 0.29) is 12.3 Å². The van der Waals surface area contributed by atoms with Gasteiger partial charge in [0.1, 0.15) is 0 Å². The van der Waals surface area contributed by atoms with Gasteiger partial charge >= 0.3 is 5.97 Å². The Morgan fingerprint density at radius 1 is 1.06 bits per heavy atom. The molecule has 0 fully saturated rings. The number of alkyl halides is 4. The highest BCUT2D eigenvalue weighted by Crippen LogP contribution is 2.38. The summed E-state index contributed by atoms with van der Waals surface area (Å²) in [5.41, 5.74) is 0. The summed E-state index contributed by atoms with van der Waals surface area (Å²) >= 11 is 20.9. The van der Waals surface area contributed by atoms with Crippen LogP contribution in [0.15, 0.2) is 0 Å². The van der Waals surface area contributed by atoms with Crippen LogP contribution in [0.5, 0.6) is 0 Å². The molecule has 0 heterocycles. The molecule has 18 heavy (non-hydrogen) atoms. The summed E-state index contributed by atoms with van der Waals surface area (Å²) < 4.78 is -1.19. The topological polar surface area (TPSA) is 37.3 Å². The molecular weight excluding hydrogens is 362 g/mol. The molecule has 0 radical (unpaired) electrons. The molecule has 0 rings (SSSR count). The van der Waals surface area contributed by atoms with Crippen LogP contribution in [-0.2, 0) is 4.79 Å². The maximum Gasteiger partial charge on any atom is 0.303 e. The predicted octanol–water partition coefficient (Wildman–Crippen LogP) is 5.57. The van der Waals surface area contributed by atoms with Gasteiger partial charge in [-0.05, 0) is 12.8 Å². The predicted molar refractivity (Wildman–Crippen MR) is 82.1 cm³/mol. The third kappa shape index (κ3) is 10.7. The maximum atomic E-state index is 10.3. The molecule has 0 aliphatic rings. The van der Waals surface area contributed by atoms with E-state index in [0.29, 0.717) is 5.33 Å². The number of aliphatic carboxylic acids is 1. The third-order valence-corrected chi connectivity index (χ3v) is 4.55. The maximum absolute atomic E-state index is 10.3. The Morgan fingerprint density at radius 3 is 2.00 bits per heavy atom. The minimum Gasteiger partial charge on any atom is -0.481 e. The van der Waals surface area contributed by atoms with E-state index >= 15 is 0 Å². The molecule has 0 bridgehead atoms. The number of carboxylic acids is 1. The molecule has 108 valence electrons. The van der Waals surface area contributed by atoms with Crippen LogP contribution in [0.2, 0.25) is 0 Å². The highest BCUT2D eigenvalue weighted by Gasteiger charge is 2.30. The molecule has 0 aliphatic carbocycles. The number of carbonyl (C=O) groups is 1. The van der Waals surface area contributed by atoms with Crippen LogP contribution in [0.25, 0.3) is 0 Å². The summed E-state index contributed by atoms with van der Waals surface area (Å²) in [6, 6.07) is 0. The summed E-state index contributed by atoms with van der Waals surface area (Å²) in [4.78, 5) is 10.3. The second-order valence-corrected chi connectivity index (χ2v) is 7.46. The van der Waals surface area contributed by atoms with Crippen LogP contribution in [0, 0.1) is 5.92 Å². The van der Waals surface area contributed by atoms with E-state index in [0.717, 1.165) is 44.9 Å². The first kappa shape index (κ1) is 18.8. The second kappa shape index (κ2) is 10.6. The molecule has 0 aromatic carbocycles. The lowest BCUT2D eigenvalue weighted by Crippen LogP contribution is -2.20. The molecule has 1 N–H and O–H groups in total. The first-order valence-electron chi connectivity index (χ1n) is 6.22. The van der Waals surface area contributed by atoms with Crippen molar-refractivity contribution in [2.24, 2.45) is 5.92 Å². The molecule has 0 saturated carbocycles. The quantitative estimate of drug-likeness (QED) is 0.396. The Labute approximate surface area is 132 Å². The highest BCUT2D eigenvalue weighted by molar-refractivity contribution is 9.09. The van der Waals surface area contributed by atoms with Crippen molar-refractivity contribution >= 4 is 56.7 Å². The molecule has 0 saturated heterocycles. The molecule has 0 aromatic rings. The van der Waals surface area contributed by atoms with Crippen molar-refractivity contribution in [3.63, 3.8) is 0 Å². The van der Waals surface area contributed by atoms with Crippen LogP contribution in [0.1, 0.15) is 51.4 Å².